The van der Waals surface area contributed by atoms with Gasteiger partial charge in [0.15, 0.2) is 17.4 Å². The van der Waals surface area contributed by atoms with Crippen LogP contribution < -0.4 is 20.7 Å². The van der Waals surface area contributed by atoms with Gasteiger partial charge in [-0.3, -0.25) is 0 Å². The summed E-state index contributed by atoms with van der Waals surface area (Å²) in [5, 5.41) is 4.53. The predicted molar refractivity (Wildman–Crippen MR) is 198 cm³/mol. The van der Waals surface area contributed by atoms with Gasteiger partial charge in [0.25, 0.3) is 0 Å². The highest BCUT2D eigenvalue weighted by molar-refractivity contribution is 7.05. The van der Waals surface area contributed by atoms with Gasteiger partial charge >= 0.3 is 25.7 Å². The van der Waals surface area contributed by atoms with Gasteiger partial charge in [0.2, 0.25) is 0 Å². The van der Waals surface area contributed by atoms with Gasteiger partial charge in [-0.25, -0.2) is 0 Å². The van der Waals surface area contributed by atoms with Crippen molar-refractivity contribution in [1.29, 1.82) is 0 Å². The first-order valence-corrected chi connectivity index (χ1v) is 27.5. The topological polar surface area (TPSA) is 36.9 Å². The highest BCUT2D eigenvalue weighted by atomic mass is 28.5. The van der Waals surface area contributed by atoms with E-state index in [0.29, 0.717) is 0 Å². The second-order valence-electron chi connectivity index (χ2n) is 12.3. The minimum Gasteiger partial charge on any atom is -0.432 e. The molecule has 44 heavy (non-hydrogen) atoms. The van der Waals surface area contributed by atoms with Gasteiger partial charge in [-0.15, -0.1) is 0 Å². The summed E-state index contributed by atoms with van der Waals surface area (Å²) in [7, 11) is -13.2. The fourth-order valence-corrected chi connectivity index (χ4v) is 28.8. The second kappa shape index (κ2) is 15.4. The highest BCUT2D eigenvalue weighted by Crippen LogP contribution is 2.31. The van der Waals surface area contributed by atoms with Crippen molar-refractivity contribution in [3.05, 3.63) is 121 Å². The molecule has 234 valence electrons. The van der Waals surface area contributed by atoms with Crippen LogP contribution in [0.15, 0.2) is 121 Å². The van der Waals surface area contributed by atoms with E-state index in [9.17, 15) is 0 Å². The standard InChI is InChI=1S/C35H50O4Si5/c1-8-40(9-2)36-43(32-24-16-12-17-25-32,33-26-18-13-19-27-33)38-42(10-3,11-4)39-44(37-41(5,6)7,34-28-20-14-21-29-34)35-30-22-15-23-31-35/h12-31,40H,8-11H2,1-7H3. The third-order valence-corrected chi connectivity index (χ3v) is 27.9. The first-order chi connectivity index (χ1) is 21.2. The number of rotatable bonds is 16. The van der Waals surface area contributed by atoms with E-state index < -0.39 is 43.0 Å². The maximum absolute atomic E-state index is 7.88. The van der Waals surface area contributed by atoms with Crippen LogP contribution in [-0.2, 0) is 16.5 Å². The molecule has 0 fully saturated rings. The number of benzene rings is 4. The van der Waals surface area contributed by atoms with Crippen LogP contribution in [0.5, 0.6) is 0 Å². The SMILES string of the molecule is CC[SiH](CC)O[Si](O[Si](CC)(CC)O[Si](O[Si](C)(C)C)(c1ccccc1)c1ccccc1)(c1ccccc1)c1ccccc1. The zero-order valence-electron chi connectivity index (χ0n) is 27.6. The third-order valence-electron chi connectivity index (χ3n) is 8.05. The summed E-state index contributed by atoms with van der Waals surface area (Å²) < 4.78 is 30.6. The predicted octanol–water partition coefficient (Wildman–Crippen LogP) is 6.65. The molecule has 0 bridgehead atoms. The molecule has 0 aliphatic rings. The van der Waals surface area contributed by atoms with Gasteiger partial charge in [0.05, 0.1) is 0 Å². The Morgan fingerprint density at radius 1 is 0.455 bits per heavy atom. The van der Waals surface area contributed by atoms with E-state index >= 15 is 0 Å². The van der Waals surface area contributed by atoms with Crippen LogP contribution in [0.4, 0.5) is 0 Å². The summed E-state index contributed by atoms with van der Waals surface area (Å²) in [6.07, 6.45) is 0. The molecule has 9 heteroatoms. The van der Waals surface area contributed by atoms with Gasteiger partial charge in [-0.2, -0.15) is 0 Å². The first-order valence-electron chi connectivity index (χ1n) is 16.2. The maximum Gasteiger partial charge on any atom is 0.388 e. The molecule has 0 saturated heterocycles. The van der Waals surface area contributed by atoms with Crippen molar-refractivity contribution < 1.29 is 16.5 Å². The zero-order valence-corrected chi connectivity index (χ0v) is 32.7. The van der Waals surface area contributed by atoms with Crippen molar-refractivity contribution >= 4 is 63.8 Å². The molecule has 0 aliphatic heterocycles. The lowest BCUT2D eigenvalue weighted by molar-refractivity contribution is 0.304. The second-order valence-corrected chi connectivity index (χ2v) is 30.8. The average molecular weight is 675 g/mol. The van der Waals surface area contributed by atoms with Crippen LogP contribution in [0.3, 0.4) is 0 Å². The van der Waals surface area contributed by atoms with E-state index in [4.69, 9.17) is 16.5 Å². The summed E-state index contributed by atoms with van der Waals surface area (Å²) in [6, 6.07) is 46.4. The Morgan fingerprint density at radius 2 is 0.773 bits per heavy atom. The molecule has 0 amide bonds. The molecular formula is C35H50O4Si5. The Labute approximate surface area is 272 Å². The smallest absolute Gasteiger partial charge is 0.388 e. The monoisotopic (exact) mass is 674 g/mol. The lowest BCUT2D eigenvalue weighted by Gasteiger charge is -2.47. The van der Waals surface area contributed by atoms with Crippen LogP contribution in [0.2, 0.25) is 43.8 Å². The Balaban J connectivity index is 2.00. The van der Waals surface area contributed by atoms with E-state index in [1.165, 1.54) is 0 Å². The van der Waals surface area contributed by atoms with E-state index in [1.807, 2.05) is 0 Å². The molecule has 0 N–H and O–H groups in total. The normalized spacial score (nSPS) is 12.9. The Hall–Kier alpha value is -2.20. The molecule has 0 unspecified atom stereocenters. The average Bonchev–Trinajstić information content (AvgIpc) is 3.07. The van der Waals surface area contributed by atoms with E-state index in [1.54, 1.807) is 0 Å². The summed E-state index contributed by atoms with van der Waals surface area (Å²) in [4.78, 5) is 0. The largest absolute Gasteiger partial charge is 0.432 e. The molecule has 0 atom stereocenters. The fourth-order valence-electron chi connectivity index (χ4n) is 5.70. The van der Waals surface area contributed by atoms with E-state index in [-0.39, 0.29) is 0 Å². The Morgan fingerprint density at radius 3 is 1.07 bits per heavy atom. The minimum atomic E-state index is -3.24. The van der Waals surface area contributed by atoms with Crippen LogP contribution in [0, 0.1) is 0 Å². The van der Waals surface area contributed by atoms with Crippen molar-refractivity contribution in [3.8, 4) is 0 Å². The third kappa shape index (κ3) is 7.95. The Kier molecular flexibility index (Phi) is 12.1. The van der Waals surface area contributed by atoms with Crippen molar-refractivity contribution in [2.24, 2.45) is 0 Å². The minimum absolute atomic E-state index is 0.787. The molecule has 4 nitrogen and oxygen atoms in total. The van der Waals surface area contributed by atoms with Gasteiger partial charge in [0.1, 0.15) is 0 Å². The molecule has 0 aromatic heterocycles. The van der Waals surface area contributed by atoms with Crippen molar-refractivity contribution in [2.45, 2.75) is 71.5 Å². The molecule has 0 aliphatic carbocycles. The molecule has 4 aromatic carbocycles. The molecule has 4 rings (SSSR count). The van der Waals surface area contributed by atoms with Crippen LogP contribution in [-0.4, -0.2) is 43.0 Å². The van der Waals surface area contributed by atoms with Crippen LogP contribution >= 0.6 is 0 Å². The number of hydrogen-bond acceptors (Lipinski definition) is 4. The number of hydrogen-bond donors (Lipinski definition) is 0. The lowest BCUT2D eigenvalue weighted by atomic mass is 10.4. The van der Waals surface area contributed by atoms with Crippen LogP contribution in [0.1, 0.15) is 27.7 Å². The lowest BCUT2D eigenvalue weighted by Crippen LogP contribution is -2.75. The van der Waals surface area contributed by atoms with Crippen molar-refractivity contribution in [2.75, 3.05) is 0 Å². The zero-order chi connectivity index (χ0) is 31.7. The van der Waals surface area contributed by atoms with E-state index in [0.717, 1.165) is 44.9 Å². The summed E-state index contributed by atoms with van der Waals surface area (Å²) in [5.41, 5.74) is 0. The molecular weight excluding hydrogens is 625 g/mol. The van der Waals surface area contributed by atoms with Crippen molar-refractivity contribution in [1.82, 2.24) is 0 Å². The molecule has 0 heterocycles. The summed E-state index contributed by atoms with van der Waals surface area (Å²) in [5.74, 6) is 0. The molecule has 0 saturated carbocycles. The van der Waals surface area contributed by atoms with Crippen LogP contribution in [0.25, 0.3) is 0 Å². The Bertz CT molecular complexity index is 1320. The van der Waals surface area contributed by atoms with Gasteiger partial charge in [-0.05, 0) is 64.6 Å². The van der Waals surface area contributed by atoms with E-state index in [2.05, 4.69) is 169 Å². The molecule has 0 spiro atoms. The first kappa shape index (κ1) is 34.7. The van der Waals surface area contributed by atoms with Gasteiger partial charge in [-0.1, -0.05) is 149 Å². The fraction of sp³-hybridized carbons (Fsp3) is 0.314. The summed E-state index contributed by atoms with van der Waals surface area (Å²) >= 11 is 0. The van der Waals surface area contributed by atoms with Gasteiger partial charge in [0, 0.05) is 0 Å². The maximum atomic E-state index is 7.88. The molecule has 0 radical (unpaired) electrons. The highest BCUT2D eigenvalue weighted by Gasteiger charge is 2.57. The van der Waals surface area contributed by atoms with Gasteiger partial charge < -0.3 is 16.5 Å². The van der Waals surface area contributed by atoms with Crippen molar-refractivity contribution in [3.63, 3.8) is 0 Å². The quantitative estimate of drug-likeness (QED) is 0.125. The molecule has 4 aromatic rings. The summed E-state index contributed by atoms with van der Waals surface area (Å²) in [6.45, 7) is 15.8.